The molecule has 0 aromatic carbocycles. The van der Waals surface area contributed by atoms with Gasteiger partial charge in [-0.3, -0.25) is 0 Å². The molecule has 2 nitrogen and oxygen atoms in total. The summed E-state index contributed by atoms with van der Waals surface area (Å²) >= 11 is 0. The summed E-state index contributed by atoms with van der Waals surface area (Å²) < 4.78 is 0. The Bertz CT molecular complexity index is 81.4. The smallest absolute Gasteiger partial charge is 0.0814 e. The molecule has 0 bridgehead atoms. The molecule has 0 saturated carbocycles. The van der Waals surface area contributed by atoms with Crippen LogP contribution in [0.5, 0.6) is 0 Å². The van der Waals surface area contributed by atoms with Crippen molar-refractivity contribution in [3.63, 3.8) is 0 Å². The number of hydrogen-bond donors (Lipinski definition) is 1. The minimum absolute atomic E-state index is 0. The summed E-state index contributed by atoms with van der Waals surface area (Å²) in [4.78, 5) is 5.27. The largest absolute Gasteiger partial charge is 0.302 e. The predicted molar refractivity (Wildman–Crippen MR) is 67.6 cm³/mol. The van der Waals surface area contributed by atoms with Gasteiger partial charge in [-0.2, -0.15) is 0 Å². The molecule has 0 aliphatic heterocycles. The van der Waals surface area contributed by atoms with Crippen molar-refractivity contribution >= 4 is 8.41 Å². The lowest BCUT2D eigenvalue weighted by Gasteiger charge is -2.04. The second kappa shape index (κ2) is 15.5. The van der Waals surface area contributed by atoms with Crippen LogP contribution in [0.1, 0.15) is 58.8 Å². The summed E-state index contributed by atoms with van der Waals surface area (Å²) in [5.41, 5.74) is 3.00. The lowest BCUT2D eigenvalue weighted by molar-refractivity contribution is 0.0379. The number of hydrogen-bond acceptors (Lipinski definition) is 2. The van der Waals surface area contributed by atoms with Crippen molar-refractivity contribution in [2.75, 3.05) is 13.2 Å². The molecule has 3 heteroatoms. The van der Waals surface area contributed by atoms with E-state index in [1.807, 2.05) is 0 Å². The molecule has 0 radical (unpaired) electrons. The minimum Gasteiger partial charge on any atom is -0.302 e. The lowest BCUT2D eigenvalue weighted by Crippen LogP contribution is -2.16. The van der Waals surface area contributed by atoms with E-state index < -0.39 is 0 Å². The molecule has 0 rings (SSSR count). The SMILES string of the molecule is B.CCCCCCNOCCCCC. The molecule has 0 heterocycles. The number of hydroxylamine groups is 1. The third-order valence-electron chi connectivity index (χ3n) is 2.08. The standard InChI is InChI=1S/C11H25NO.BH3/c1-3-5-7-8-10-12-13-11-9-6-4-2;/h12H,3-11H2,1-2H3;1H3. The van der Waals surface area contributed by atoms with Crippen molar-refractivity contribution in [1.29, 1.82) is 0 Å². The molecular formula is C11H28BNO. The highest BCUT2D eigenvalue weighted by Gasteiger charge is 1.89. The van der Waals surface area contributed by atoms with E-state index in [9.17, 15) is 0 Å². The molecule has 0 atom stereocenters. The van der Waals surface area contributed by atoms with Gasteiger partial charge in [0.1, 0.15) is 0 Å². The fourth-order valence-electron chi connectivity index (χ4n) is 1.19. The second-order valence-corrected chi connectivity index (χ2v) is 3.51. The van der Waals surface area contributed by atoms with E-state index in [1.165, 1.54) is 44.9 Å². The van der Waals surface area contributed by atoms with E-state index >= 15 is 0 Å². The Balaban J connectivity index is 0. The summed E-state index contributed by atoms with van der Waals surface area (Å²) in [7, 11) is 0. The molecule has 86 valence electrons. The maximum Gasteiger partial charge on any atom is 0.0814 e. The summed E-state index contributed by atoms with van der Waals surface area (Å²) in [6, 6.07) is 0. The zero-order valence-corrected chi connectivity index (χ0v) is 9.27. The molecule has 1 N–H and O–H groups in total. The zero-order valence-electron chi connectivity index (χ0n) is 9.27. The maximum absolute atomic E-state index is 5.27. The van der Waals surface area contributed by atoms with Gasteiger partial charge in [-0.1, -0.05) is 46.0 Å². The number of rotatable bonds is 10. The Morgan fingerprint density at radius 1 is 0.857 bits per heavy atom. The molecule has 0 aliphatic rings. The first-order valence-corrected chi connectivity index (χ1v) is 5.76. The molecular weight excluding hydrogens is 173 g/mol. The Kier molecular flexibility index (Phi) is 18.1. The van der Waals surface area contributed by atoms with Crippen molar-refractivity contribution in [3.05, 3.63) is 0 Å². The van der Waals surface area contributed by atoms with Crippen LogP contribution in [0, 0.1) is 0 Å². The quantitative estimate of drug-likeness (QED) is 0.332. The van der Waals surface area contributed by atoms with Gasteiger partial charge in [-0.15, -0.1) is 0 Å². The molecule has 0 amide bonds. The van der Waals surface area contributed by atoms with Gasteiger partial charge in [0.2, 0.25) is 0 Å². The maximum atomic E-state index is 5.27. The molecule has 0 aliphatic carbocycles. The topological polar surface area (TPSA) is 21.3 Å². The van der Waals surface area contributed by atoms with Crippen LogP contribution in [-0.4, -0.2) is 21.6 Å². The Morgan fingerprint density at radius 2 is 1.50 bits per heavy atom. The highest BCUT2D eigenvalue weighted by atomic mass is 16.6. The predicted octanol–water partition coefficient (Wildman–Crippen LogP) is 2.09. The van der Waals surface area contributed by atoms with Gasteiger partial charge in [0.05, 0.1) is 15.0 Å². The number of nitrogens with one attached hydrogen (secondary N) is 1. The summed E-state index contributed by atoms with van der Waals surface area (Å²) in [5, 5.41) is 0. The molecule has 0 fully saturated rings. The first-order valence-electron chi connectivity index (χ1n) is 5.76. The normalized spacial score (nSPS) is 9.86. The van der Waals surface area contributed by atoms with Crippen LogP contribution in [0.25, 0.3) is 0 Å². The second-order valence-electron chi connectivity index (χ2n) is 3.51. The van der Waals surface area contributed by atoms with E-state index in [4.69, 9.17) is 4.84 Å². The van der Waals surface area contributed by atoms with E-state index in [0.717, 1.165) is 13.2 Å². The third kappa shape index (κ3) is 14.5. The fraction of sp³-hybridized carbons (Fsp3) is 1.00. The van der Waals surface area contributed by atoms with Crippen LogP contribution >= 0.6 is 0 Å². The van der Waals surface area contributed by atoms with Crippen molar-refractivity contribution in [1.82, 2.24) is 5.48 Å². The molecule has 0 saturated heterocycles. The summed E-state index contributed by atoms with van der Waals surface area (Å²) in [5.74, 6) is 0. The van der Waals surface area contributed by atoms with E-state index in [0.29, 0.717) is 0 Å². The van der Waals surface area contributed by atoms with Crippen LogP contribution in [0.15, 0.2) is 0 Å². The van der Waals surface area contributed by atoms with Crippen molar-refractivity contribution in [2.24, 2.45) is 0 Å². The van der Waals surface area contributed by atoms with Crippen molar-refractivity contribution in [3.8, 4) is 0 Å². The van der Waals surface area contributed by atoms with E-state index in [-0.39, 0.29) is 8.41 Å². The van der Waals surface area contributed by atoms with Gasteiger partial charge in [0, 0.05) is 6.54 Å². The van der Waals surface area contributed by atoms with Gasteiger partial charge >= 0.3 is 0 Å². The van der Waals surface area contributed by atoms with Crippen LogP contribution < -0.4 is 5.48 Å². The van der Waals surface area contributed by atoms with Crippen LogP contribution in [0.2, 0.25) is 0 Å². The zero-order chi connectivity index (χ0) is 9.78. The van der Waals surface area contributed by atoms with Gasteiger partial charge < -0.3 is 4.84 Å². The molecule has 0 aromatic heterocycles. The monoisotopic (exact) mass is 201 g/mol. The van der Waals surface area contributed by atoms with Crippen molar-refractivity contribution < 1.29 is 4.84 Å². The summed E-state index contributed by atoms with van der Waals surface area (Å²) in [6.45, 7) is 6.31. The first-order chi connectivity index (χ1) is 6.41. The van der Waals surface area contributed by atoms with Gasteiger partial charge in [0.25, 0.3) is 0 Å². The van der Waals surface area contributed by atoms with Gasteiger partial charge in [-0.05, 0) is 12.8 Å². The number of unbranched alkanes of at least 4 members (excludes halogenated alkanes) is 5. The fourth-order valence-corrected chi connectivity index (χ4v) is 1.19. The minimum atomic E-state index is 0. The first kappa shape index (κ1) is 16.4. The van der Waals surface area contributed by atoms with Crippen LogP contribution in [0.3, 0.4) is 0 Å². The lowest BCUT2D eigenvalue weighted by atomic mass is 10.2. The van der Waals surface area contributed by atoms with E-state index in [1.54, 1.807) is 0 Å². The van der Waals surface area contributed by atoms with Crippen LogP contribution in [0.4, 0.5) is 0 Å². The molecule has 0 aromatic rings. The van der Waals surface area contributed by atoms with Gasteiger partial charge in [0.15, 0.2) is 0 Å². The average molecular weight is 201 g/mol. The molecule has 0 unspecified atom stereocenters. The Labute approximate surface area is 91.3 Å². The molecule has 0 spiro atoms. The molecule has 14 heavy (non-hydrogen) atoms. The highest BCUT2D eigenvalue weighted by Crippen LogP contribution is 1.97. The third-order valence-corrected chi connectivity index (χ3v) is 2.08. The Morgan fingerprint density at radius 3 is 2.14 bits per heavy atom. The van der Waals surface area contributed by atoms with E-state index in [2.05, 4.69) is 19.3 Å². The van der Waals surface area contributed by atoms with Crippen molar-refractivity contribution in [2.45, 2.75) is 58.8 Å². The average Bonchev–Trinajstić information content (AvgIpc) is 2.16. The van der Waals surface area contributed by atoms with Gasteiger partial charge in [-0.25, -0.2) is 5.48 Å². The highest BCUT2D eigenvalue weighted by molar-refractivity contribution is 5.75. The Hall–Kier alpha value is -0.0151. The summed E-state index contributed by atoms with van der Waals surface area (Å²) in [6.07, 6.45) is 8.92. The van der Waals surface area contributed by atoms with Crippen LogP contribution in [-0.2, 0) is 4.84 Å².